The summed E-state index contributed by atoms with van der Waals surface area (Å²) in [5.41, 5.74) is 3.77. The topological polar surface area (TPSA) is 85.8 Å². The largest absolute Gasteiger partial charge is 0.493 e. The Morgan fingerprint density at radius 2 is 1.88 bits per heavy atom. The smallest absolute Gasteiger partial charge is 0.321 e. The van der Waals surface area contributed by atoms with Crippen LogP contribution < -0.4 is 19.5 Å². The zero-order chi connectivity index (χ0) is 22.1. The minimum atomic E-state index is -0.0683. The van der Waals surface area contributed by atoms with Crippen molar-refractivity contribution in [3.05, 3.63) is 47.9 Å². The summed E-state index contributed by atoms with van der Waals surface area (Å²) in [5.74, 6) is 2.47. The SMILES string of the molecule is COc1cc2ncnc(C3CCN(C(=O)Nc4ccc5c(c4)CCO5)CC3)c2cc1OC. The van der Waals surface area contributed by atoms with Crippen LogP contribution in [0.15, 0.2) is 36.7 Å². The number of hydrogen-bond donors (Lipinski definition) is 1. The third-order valence-electron chi connectivity index (χ3n) is 6.28. The van der Waals surface area contributed by atoms with E-state index in [1.807, 2.05) is 35.2 Å². The fourth-order valence-electron chi connectivity index (χ4n) is 4.55. The number of carbonyl (C=O) groups is 1. The van der Waals surface area contributed by atoms with Crippen molar-refractivity contribution < 1.29 is 19.0 Å². The molecule has 8 nitrogen and oxygen atoms in total. The molecule has 2 aromatic carbocycles. The van der Waals surface area contributed by atoms with E-state index in [2.05, 4.69) is 15.3 Å². The number of nitrogens with zero attached hydrogens (tertiary/aromatic N) is 3. The lowest BCUT2D eigenvalue weighted by Crippen LogP contribution is -2.40. The van der Waals surface area contributed by atoms with Gasteiger partial charge in [-0.05, 0) is 42.7 Å². The first-order chi connectivity index (χ1) is 15.7. The predicted octanol–water partition coefficient (Wildman–Crippen LogP) is 3.99. The lowest BCUT2D eigenvalue weighted by Gasteiger charge is -2.32. The van der Waals surface area contributed by atoms with Gasteiger partial charge in [-0.1, -0.05) is 0 Å². The molecule has 1 N–H and O–H groups in total. The zero-order valence-corrected chi connectivity index (χ0v) is 18.3. The van der Waals surface area contributed by atoms with E-state index >= 15 is 0 Å². The third kappa shape index (κ3) is 3.77. The second-order valence-electron chi connectivity index (χ2n) is 8.10. The Labute approximate surface area is 186 Å². The van der Waals surface area contributed by atoms with Crippen LogP contribution in [0.3, 0.4) is 0 Å². The van der Waals surface area contributed by atoms with Gasteiger partial charge < -0.3 is 24.4 Å². The summed E-state index contributed by atoms with van der Waals surface area (Å²) in [7, 11) is 3.24. The van der Waals surface area contributed by atoms with Crippen LogP contribution >= 0.6 is 0 Å². The number of anilines is 1. The van der Waals surface area contributed by atoms with E-state index in [4.69, 9.17) is 14.2 Å². The first-order valence-electron chi connectivity index (χ1n) is 10.8. The standard InChI is InChI=1S/C24H26N4O4/c1-30-21-12-18-19(13-22(21)31-2)25-14-26-23(18)15-5-8-28(9-6-15)24(29)27-17-3-4-20-16(11-17)7-10-32-20/h3-4,11-15H,5-10H2,1-2H3,(H,27,29). The van der Waals surface area contributed by atoms with Crippen LogP contribution in [0.1, 0.15) is 30.0 Å². The maximum atomic E-state index is 12.8. The Kier molecular flexibility index (Phi) is 5.43. The van der Waals surface area contributed by atoms with Gasteiger partial charge >= 0.3 is 6.03 Å². The molecule has 3 aromatic rings. The van der Waals surface area contributed by atoms with Crippen LogP contribution in [0.25, 0.3) is 10.9 Å². The fraction of sp³-hybridized carbons (Fsp3) is 0.375. The van der Waals surface area contributed by atoms with E-state index in [1.165, 1.54) is 0 Å². The number of nitrogens with one attached hydrogen (secondary N) is 1. The normalized spacial score (nSPS) is 15.9. The quantitative estimate of drug-likeness (QED) is 0.668. The highest BCUT2D eigenvalue weighted by atomic mass is 16.5. The van der Waals surface area contributed by atoms with Gasteiger partial charge in [-0.15, -0.1) is 0 Å². The van der Waals surface area contributed by atoms with Crippen molar-refractivity contribution in [1.82, 2.24) is 14.9 Å². The van der Waals surface area contributed by atoms with Gasteiger partial charge in [0.05, 0.1) is 32.0 Å². The number of amides is 2. The summed E-state index contributed by atoms with van der Waals surface area (Å²) in [5, 5.41) is 3.99. The second-order valence-corrected chi connectivity index (χ2v) is 8.10. The maximum Gasteiger partial charge on any atom is 0.321 e. The Balaban J connectivity index is 1.28. The summed E-state index contributed by atoms with van der Waals surface area (Å²) in [6.45, 7) is 2.04. The molecule has 0 saturated carbocycles. The molecule has 0 bridgehead atoms. The average molecular weight is 434 g/mol. The Morgan fingerprint density at radius 1 is 1.09 bits per heavy atom. The monoisotopic (exact) mass is 434 g/mol. The average Bonchev–Trinajstić information content (AvgIpc) is 3.30. The summed E-state index contributed by atoms with van der Waals surface area (Å²) >= 11 is 0. The molecule has 5 rings (SSSR count). The molecule has 0 aliphatic carbocycles. The molecule has 1 saturated heterocycles. The van der Waals surface area contributed by atoms with Gasteiger partial charge in [0.2, 0.25) is 0 Å². The van der Waals surface area contributed by atoms with Gasteiger partial charge in [0.15, 0.2) is 11.5 Å². The molecular formula is C24H26N4O4. The van der Waals surface area contributed by atoms with E-state index in [0.717, 1.165) is 52.9 Å². The van der Waals surface area contributed by atoms with Gasteiger partial charge in [-0.25, -0.2) is 14.8 Å². The van der Waals surface area contributed by atoms with Crippen LogP contribution in [-0.2, 0) is 6.42 Å². The lowest BCUT2D eigenvalue weighted by molar-refractivity contribution is 0.194. The van der Waals surface area contributed by atoms with E-state index in [0.29, 0.717) is 31.2 Å². The predicted molar refractivity (Wildman–Crippen MR) is 121 cm³/mol. The number of urea groups is 1. The maximum absolute atomic E-state index is 12.8. The van der Waals surface area contributed by atoms with E-state index in [9.17, 15) is 4.79 Å². The number of hydrogen-bond acceptors (Lipinski definition) is 6. The number of methoxy groups -OCH3 is 2. The summed E-state index contributed by atoms with van der Waals surface area (Å²) in [4.78, 5) is 23.7. The Morgan fingerprint density at radius 3 is 2.66 bits per heavy atom. The fourth-order valence-corrected chi connectivity index (χ4v) is 4.55. The highest BCUT2D eigenvalue weighted by Gasteiger charge is 2.27. The van der Waals surface area contributed by atoms with Gasteiger partial charge in [-0.2, -0.15) is 0 Å². The third-order valence-corrected chi connectivity index (χ3v) is 6.28. The molecular weight excluding hydrogens is 408 g/mol. The van der Waals surface area contributed by atoms with E-state index < -0.39 is 0 Å². The minimum Gasteiger partial charge on any atom is -0.493 e. The van der Waals surface area contributed by atoms with Gasteiger partial charge in [0.1, 0.15) is 12.1 Å². The second kappa shape index (κ2) is 8.53. The van der Waals surface area contributed by atoms with E-state index in [-0.39, 0.29) is 11.9 Å². The zero-order valence-electron chi connectivity index (χ0n) is 18.3. The molecule has 2 aliphatic heterocycles. The molecule has 2 amide bonds. The number of ether oxygens (including phenoxy) is 3. The lowest BCUT2D eigenvalue weighted by atomic mass is 9.91. The first kappa shape index (κ1) is 20.4. The van der Waals surface area contributed by atoms with Gasteiger partial charge in [0.25, 0.3) is 0 Å². The number of benzene rings is 2. The molecule has 1 aromatic heterocycles. The molecule has 2 aliphatic rings. The summed E-state index contributed by atoms with van der Waals surface area (Å²) < 4.78 is 16.4. The molecule has 0 atom stereocenters. The summed E-state index contributed by atoms with van der Waals surface area (Å²) in [6, 6.07) is 9.57. The van der Waals surface area contributed by atoms with Crippen LogP contribution in [0.5, 0.6) is 17.2 Å². The first-order valence-corrected chi connectivity index (χ1v) is 10.8. The van der Waals surface area contributed by atoms with Crippen LogP contribution in [0.4, 0.5) is 10.5 Å². The summed E-state index contributed by atoms with van der Waals surface area (Å²) in [6.07, 6.45) is 4.16. The van der Waals surface area contributed by atoms with Gasteiger partial charge in [0, 0.05) is 42.6 Å². The number of carbonyl (C=O) groups excluding carboxylic acids is 1. The minimum absolute atomic E-state index is 0.0683. The highest BCUT2D eigenvalue weighted by Crippen LogP contribution is 2.37. The van der Waals surface area contributed by atoms with Crippen LogP contribution in [0, 0.1) is 0 Å². The van der Waals surface area contributed by atoms with Crippen molar-refractivity contribution >= 4 is 22.6 Å². The molecule has 0 unspecified atom stereocenters. The number of fused-ring (bicyclic) bond motifs is 2. The Hall–Kier alpha value is -3.55. The van der Waals surface area contributed by atoms with Crippen molar-refractivity contribution in [3.63, 3.8) is 0 Å². The molecule has 3 heterocycles. The molecule has 166 valence electrons. The van der Waals surface area contributed by atoms with E-state index in [1.54, 1.807) is 20.5 Å². The molecule has 32 heavy (non-hydrogen) atoms. The van der Waals surface area contributed by atoms with Crippen LogP contribution in [-0.4, -0.2) is 54.8 Å². The van der Waals surface area contributed by atoms with Gasteiger partial charge in [-0.3, -0.25) is 0 Å². The van der Waals surface area contributed by atoms with Crippen molar-refractivity contribution in [3.8, 4) is 17.2 Å². The van der Waals surface area contributed by atoms with Crippen molar-refractivity contribution in [2.45, 2.75) is 25.2 Å². The van der Waals surface area contributed by atoms with Crippen LogP contribution in [0.2, 0.25) is 0 Å². The van der Waals surface area contributed by atoms with Crippen molar-refractivity contribution in [2.24, 2.45) is 0 Å². The molecule has 1 fully saturated rings. The molecule has 8 heteroatoms. The number of aromatic nitrogens is 2. The Bertz CT molecular complexity index is 1160. The highest BCUT2D eigenvalue weighted by molar-refractivity contribution is 5.90. The van der Waals surface area contributed by atoms with Crippen molar-refractivity contribution in [2.75, 3.05) is 39.2 Å². The number of likely N-dealkylation sites (tertiary alicyclic amines) is 1. The number of piperidine rings is 1. The molecule has 0 spiro atoms. The molecule has 0 radical (unpaired) electrons. The van der Waals surface area contributed by atoms with Crippen molar-refractivity contribution in [1.29, 1.82) is 0 Å². The number of rotatable bonds is 4.